The Morgan fingerprint density at radius 1 is 1.11 bits per heavy atom. The molecular weight excluding hydrogens is 466 g/mol. The van der Waals surface area contributed by atoms with Crippen LogP contribution >= 0.6 is 11.3 Å². The van der Waals surface area contributed by atoms with Crippen molar-refractivity contribution in [3.8, 4) is 0 Å². The van der Waals surface area contributed by atoms with Crippen molar-refractivity contribution < 1.29 is 9.59 Å². The first kappa shape index (κ1) is 24.5. The van der Waals surface area contributed by atoms with Gasteiger partial charge in [-0.3, -0.25) is 19.0 Å². The number of ketones is 1. The number of nitrogens with zero attached hydrogens (tertiary/aromatic N) is 3. The van der Waals surface area contributed by atoms with E-state index in [-0.39, 0.29) is 17.3 Å². The maximum absolute atomic E-state index is 13.5. The second-order valence-corrected chi connectivity index (χ2v) is 10.1. The van der Waals surface area contributed by atoms with Crippen molar-refractivity contribution in [2.75, 3.05) is 30.0 Å². The minimum Gasteiger partial charge on any atom is -0.383 e. The minimum atomic E-state index is -0.685. The molecule has 0 unspecified atom stereocenters. The molecule has 0 bridgehead atoms. The lowest BCUT2D eigenvalue weighted by Crippen LogP contribution is -2.44. The molecule has 0 fully saturated rings. The molecule has 9 nitrogen and oxygen atoms in total. The molecule has 35 heavy (non-hydrogen) atoms. The highest BCUT2D eigenvalue weighted by atomic mass is 32.1. The number of fused-ring (bicyclic) bond motifs is 1. The van der Waals surface area contributed by atoms with Gasteiger partial charge in [0.25, 0.3) is 5.56 Å². The Balaban J connectivity index is 1.70. The summed E-state index contributed by atoms with van der Waals surface area (Å²) in [5.41, 5.74) is 7.84. The fraction of sp³-hybridized carbons (Fsp3) is 0.360. The molecule has 1 amide bonds. The lowest BCUT2D eigenvalue weighted by molar-refractivity contribution is -0.116. The van der Waals surface area contributed by atoms with Crippen LogP contribution in [0.15, 0.2) is 33.9 Å². The molecule has 0 spiro atoms. The topological polar surface area (TPSA) is 119 Å². The number of carbonyl (C=O) groups is 2. The Morgan fingerprint density at radius 3 is 2.43 bits per heavy atom. The Labute approximate surface area is 206 Å². The molecule has 1 aromatic carbocycles. The molecule has 0 saturated heterocycles. The Kier molecular flexibility index (Phi) is 6.66. The smallest absolute Gasteiger partial charge is 0.332 e. The first-order valence-corrected chi connectivity index (χ1v) is 12.2. The van der Waals surface area contributed by atoms with E-state index in [2.05, 4.69) is 5.32 Å². The van der Waals surface area contributed by atoms with E-state index < -0.39 is 23.7 Å². The molecule has 0 atom stereocenters. The van der Waals surface area contributed by atoms with E-state index in [1.807, 2.05) is 19.1 Å². The lowest BCUT2D eigenvalue weighted by atomic mass is 9.91. The standard InChI is InChI=1S/C25H29N5O4S/c1-14-9-11-15(12-10-14)21(32)19-16-7-5-6-8-17(16)35-23(19)27-18(31)13-30-24(33)20(28(2)3)22(26)29(4)25(30)34/h9-12H,5-8,13,26H2,1-4H3,(H,27,31). The van der Waals surface area contributed by atoms with Gasteiger partial charge in [-0.05, 0) is 38.2 Å². The van der Waals surface area contributed by atoms with Gasteiger partial charge in [0.15, 0.2) is 5.78 Å². The highest BCUT2D eigenvalue weighted by Crippen LogP contribution is 2.39. The van der Waals surface area contributed by atoms with Gasteiger partial charge in [-0.25, -0.2) is 9.36 Å². The normalized spacial score (nSPS) is 12.8. The Hall–Kier alpha value is -3.66. The van der Waals surface area contributed by atoms with Crippen LogP contribution in [-0.4, -0.2) is 34.9 Å². The molecule has 1 aliphatic rings. The number of hydrogen-bond donors (Lipinski definition) is 2. The van der Waals surface area contributed by atoms with Crippen LogP contribution in [0.3, 0.4) is 0 Å². The van der Waals surface area contributed by atoms with E-state index >= 15 is 0 Å². The predicted molar refractivity (Wildman–Crippen MR) is 139 cm³/mol. The van der Waals surface area contributed by atoms with E-state index in [9.17, 15) is 19.2 Å². The number of amides is 1. The van der Waals surface area contributed by atoms with Gasteiger partial charge < -0.3 is 16.0 Å². The third-order valence-corrected chi connectivity index (χ3v) is 7.49. The van der Waals surface area contributed by atoms with Crippen LogP contribution in [0.4, 0.5) is 16.5 Å². The van der Waals surface area contributed by atoms with Crippen molar-refractivity contribution in [3.05, 3.63) is 72.2 Å². The maximum atomic E-state index is 13.5. The highest BCUT2D eigenvalue weighted by Gasteiger charge is 2.27. The Morgan fingerprint density at radius 2 is 1.77 bits per heavy atom. The van der Waals surface area contributed by atoms with E-state index in [4.69, 9.17) is 5.73 Å². The third-order valence-electron chi connectivity index (χ3n) is 6.28. The number of aryl methyl sites for hydroxylation is 2. The summed E-state index contributed by atoms with van der Waals surface area (Å²) >= 11 is 1.40. The van der Waals surface area contributed by atoms with E-state index in [1.54, 1.807) is 26.2 Å². The number of thiophene rings is 1. The third kappa shape index (κ3) is 4.53. The first-order valence-electron chi connectivity index (χ1n) is 11.4. The molecule has 0 saturated carbocycles. The summed E-state index contributed by atoms with van der Waals surface area (Å²) in [6.07, 6.45) is 3.64. The van der Waals surface area contributed by atoms with Crippen molar-refractivity contribution in [3.63, 3.8) is 0 Å². The number of rotatable bonds is 6. The van der Waals surface area contributed by atoms with Gasteiger partial charge in [0.05, 0.1) is 5.56 Å². The van der Waals surface area contributed by atoms with Crippen LogP contribution in [0.1, 0.15) is 44.8 Å². The maximum Gasteiger partial charge on any atom is 0.332 e. The highest BCUT2D eigenvalue weighted by molar-refractivity contribution is 7.17. The number of nitrogens with one attached hydrogen (secondary N) is 1. The molecule has 3 aromatic rings. The lowest BCUT2D eigenvalue weighted by Gasteiger charge is -2.18. The molecular formula is C25H29N5O4S. The van der Waals surface area contributed by atoms with Crippen LogP contribution < -0.4 is 27.2 Å². The fourth-order valence-corrected chi connectivity index (χ4v) is 5.68. The summed E-state index contributed by atoms with van der Waals surface area (Å²) in [5.74, 6) is -0.677. The van der Waals surface area contributed by atoms with Crippen LogP contribution in [0.2, 0.25) is 0 Å². The average molecular weight is 496 g/mol. The van der Waals surface area contributed by atoms with E-state index in [0.717, 1.165) is 50.8 Å². The summed E-state index contributed by atoms with van der Waals surface area (Å²) in [5, 5.41) is 3.28. The molecule has 0 radical (unpaired) electrons. The summed E-state index contributed by atoms with van der Waals surface area (Å²) in [4.78, 5) is 54.8. The number of hydrogen-bond acceptors (Lipinski definition) is 7. The second-order valence-electron chi connectivity index (χ2n) is 9.02. The molecule has 1 aliphatic carbocycles. The zero-order chi connectivity index (χ0) is 25.4. The van der Waals surface area contributed by atoms with Gasteiger partial charge in [0.2, 0.25) is 5.91 Å². The number of nitrogens with two attached hydrogens (primary N) is 1. The first-order chi connectivity index (χ1) is 16.6. The quantitative estimate of drug-likeness (QED) is 0.507. The largest absolute Gasteiger partial charge is 0.383 e. The van der Waals surface area contributed by atoms with Crippen LogP contribution in [-0.2, 0) is 31.2 Å². The van der Waals surface area contributed by atoms with Gasteiger partial charge in [0, 0.05) is 31.6 Å². The molecule has 2 aromatic heterocycles. The van der Waals surface area contributed by atoms with Crippen molar-refractivity contribution >= 4 is 39.5 Å². The monoisotopic (exact) mass is 495 g/mol. The molecule has 3 N–H and O–H groups in total. The molecule has 4 rings (SSSR count). The zero-order valence-corrected chi connectivity index (χ0v) is 21.1. The predicted octanol–water partition coefficient (Wildman–Crippen LogP) is 2.31. The average Bonchev–Trinajstić information content (AvgIpc) is 3.18. The molecule has 10 heteroatoms. The summed E-state index contributed by atoms with van der Waals surface area (Å²) in [6.45, 7) is 1.46. The summed E-state index contributed by atoms with van der Waals surface area (Å²) < 4.78 is 2.00. The SMILES string of the molecule is Cc1ccc(C(=O)c2c(NC(=O)Cn3c(=O)c(N(C)C)c(N)n(C)c3=O)sc3c2CCCC3)cc1. The number of benzene rings is 1. The number of anilines is 3. The number of carbonyl (C=O) groups excluding carboxylic acids is 2. The van der Waals surface area contributed by atoms with Crippen LogP contribution in [0, 0.1) is 6.92 Å². The van der Waals surface area contributed by atoms with Crippen LogP contribution in [0.25, 0.3) is 0 Å². The van der Waals surface area contributed by atoms with E-state index in [0.29, 0.717) is 16.1 Å². The Bertz CT molecular complexity index is 1430. The van der Waals surface area contributed by atoms with Crippen molar-refractivity contribution in [1.29, 1.82) is 0 Å². The second kappa shape index (κ2) is 9.53. The van der Waals surface area contributed by atoms with Gasteiger partial charge in [-0.2, -0.15) is 0 Å². The molecule has 0 aliphatic heterocycles. The number of nitrogen functional groups attached to an aromatic ring is 1. The van der Waals surface area contributed by atoms with Crippen LogP contribution in [0.5, 0.6) is 0 Å². The fourth-order valence-electron chi connectivity index (χ4n) is 4.38. The van der Waals surface area contributed by atoms with Crippen molar-refractivity contribution in [2.24, 2.45) is 7.05 Å². The van der Waals surface area contributed by atoms with Gasteiger partial charge in [0.1, 0.15) is 23.1 Å². The molecule has 2 heterocycles. The van der Waals surface area contributed by atoms with Crippen molar-refractivity contribution in [2.45, 2.75) is 39.2 Å². The van der Waals surface area contributed by atoms with Crippen molar-refractivity contribution in [1.82, 2.24) is 9.13 Å². The van der Waals surface area contributed by atoms with E-state index in [1.165, 1.54) is 23.3 Å². The summed E-state index contributed by atoms with van der Waals surface area (Å²) in [7, 11) is 4.73. The number of aromatic nitrogens is 2. The van der Waals surface area contributed by atoms with Gasteiger partial charge >= 0.3 is 5.69 Å². The van der Waals surface area contributed by atoms with Gasteiger partial charge in [-0.15, -0.1) is 11.3 Å². The zero-order valence-electron chi connectivity index (χ0n) is 20.3. The molecule has 184 valence electrons. The van der Waals surface area contributed by atoms with Gasteiger partial charge in [-0.1, -0.05) is 29.8 Å². The minimum absolute atomic E-state index is 0.0265. The summed E-state index contributed by atoms with van der Waals surface area (Å²) in [6, 6.07) is 7.35.